The minimum absolute atomic E-state index is 0.111. The molecule has 2 heterocycles. The number of carbonyl (C=O) groups excluding carboxylic acids is 1. The highest BCUT2D eigenvalue weighted by atomic mass is 32.1. The van der Waals surface area contributed by atoms with Gasteiger partial charge in [-0.25, -0.2) is 4.98 Å². The second-order valence-electron chi connectivity index (χ2n) is 6.88. The molecule has 0 atom stereocenters. The molecule has 3 aromatic rings. The second kappa shape index (κ2) is 7.93. The standard InChI is InChI=1S/C20H20N4O3S/c25-19(15-5-1-3-7-17(15)24(26)27)21-13-14-9-11-23(12-10-14)20-22-16-6-2-4-8-18(16)28-20/h1-8,14H,9-13H2,(H,21,25). The molecule has 1 amide bonds. The molecular formula is C20H20N4O3S. The maximum Gasteiger partial charge on any atom is 0.282 e. The van der Waals surface area contributed by atoms with Crippen LogP contribution in [0.2, 0.25) is 0 Å². The lowest BCUT2D eigenvalue weighted by atomic mass is 9.97. The first-order valence-electron chi connectivity index (χ1n) is 9.24. The lowest BCUT2D eigenvalue weighted by molar-refractivity contribution is -0.385. The lowest BCUT2D eigenvalue weighted by Crippen LogP contribution is -2.38. The number of carbonyl (C=O) groups is 1. The first-order valence-corrected chi connectivity index (χ1v) is 10.1. The number of fused-ring (bicyclic) bond motifs is 1. The maximum absolute atomic E-state index is 12.4. The number of nitro groups is 1. The number of piperidine rings is 1. The molecule has 4 rings (SSSR count). The van der Waals surface area contributed by atoms with Crippen molar-refractivity contribution in [2.45, 2.75) is 12.8 Å². The Morgan fingerprint density at radius 2 is 1.89 bits per heavy atom. The largest absolute Gasteiger partial charge is 0.352 e. The van der Waals surface area contributed by atoms with Crippen molar-refractivity contribution in [1.82, 2.24) is 10.3 Å². The van der Waals surface area contributed by atoms with Crippen LogP contribution in [0.4, 0.5) is 10.8 Å². The highest BCUT2D eigenvalue weighted by molar-refractivity contribution is 7.22. The first-order chi connectivity index (χ1) is 13.6. The zero-order valence-electron chi connectivity index (χ0n) is 15.2. The molecular weight excluding hydrogens is 376 g/mol. The summed E-state index contributed by atoms with van der Waals surface area (Å²) in [4.78, 5) is 29.9. The second-order valence-corrected chi connectivity index (χ2v) is 7.89. The number of nitro benzene ring substituents is 1. The number of amides is 1. The molecule has 144 valence electrons. The van der Waals surface area contributed by atoms with Crippen LogP contribution in [0.3, 0.4) is 0 Å². The van der Waals surface area contributed by atoms with Crippen LogP contribution < -0.4 is 10.2 Å². The van der Waals surface area contributed by atoms with E-state index in [2.05, 4.69) is 16.3 Å². The van der Waals surface area contributed by atoms with E-state index in [1.54, 1.807) is 23.5 Å². The van der Waals surface area contributed by atoms with Crippen molar-refractivity contribution in [2.75, 3.05) is 24.5 Å². The van der Waals surface area contributed by atoms with Gasteiger partial charge >= 0.3 is 0 Å². The van der Waals surface area contributed by atoms with E-state index in [-0.39, 0.29) is 17.2 Å². The van der Waals surface area contributed by atoms with Crippen molar-refractivity contribution in [3.05, 3.63) is 64.2 Å². The van der Waals surface area contributed by atoms with Crippen molar-refractivity contribution in [2.24, 2.45) is 5.92 Å². The molecule has 1 aromatic heterocycles. The number of nitrogens with zero attached hydrogens (tertiary/aromatic N) is 3. The molecule has 1 saturated heterocycles. The third-order valence-corrected chi connectivity index (χ3v) is 6.16. The van der Waals surface area contributed by atoms with Crippen LogP contribution in [-0.4, -0.2) is 35.4 Å². The molecule has 0 spiro atoms. The summed E-state index contributed by atoms with van der Waals surface area (Å²) in [6.45, 7) is 2.32. The number of aromatic nitrogens is 1. The molecule has 8 heteroatoms. The molecule has 0 radical (unpaired) electrons. The Morgan fingerprint density at radius 3 is 2.64 bits per heavy atom. The summed E-state index contributed by atoms with van der Waals surface area (Å²) < 4.78 is 1.19. The van der Waals surface area contributed by atoms with Crippen molar-refractivity contribution in [1.29, 1.82) is 0 Å². The van der Waals surface area contributed by atoms with E-state index in [4.69, 9.17) is 4.98 Å². The van der Waals surface area contributed by atoms with Crippen LogP contribution in [0.5, 0.6) is 0 Å². The number of rotatable bonds is 5. The van der Waals surface area contributed by atoms with Gasteiger partial charge in [0, 0.05) is 25.7 Å². The van der Waals surface area contributed by atoms with Gasteiger partial charge in [0.05, 0.1) is 15.1 Å². The SMILES string of the molecule is O=C(NCC1CCN(c2nc3ccccc3s2)CC1)c1ccccc1[N+](=O)[O-]. The summed E-state index contributed by atoms with van der Waals surface area (Å²) in [5.74, 6) is -0.0294. The third kappa shape index (κ3) is 3.82. The molecule has 0 bridgehead atoms. The Hall–Kier alpha value is -3.00. The first kappa shape index (κ1) is 18.4. The monoisotopic (exact) mass is 396 g/mol. The summed E-state index contributed by atoms with van der Waals surface area (Å²) >= 11 is 1.71. The van der Waals surface area contributed by atoms with Crippen molar-refractivity contribution in [3.8, 4) is 0 Å². The van der Waals surface area contributed by atoms with Gasteiger partial charge < -0.3 is 10.2 Å². The van der Waals surface area contributed by atoms with Gasteiger partial charge in [-0.05, 0) is 37.0 Å². The number of hydrogen-bond donors (Lipinski definition) is 1. The number of para-hydroxylation sites is 2. The number of thiazole rings is 1. The van der Waals surface area contributed by atoms with Crippen LogP contribution >= 0.6 is 11.3 Å². The van der Waals surface area contributed by atoms with Gasteiger partial charge in [0.2, 0.25) is 0 Å². The average Bonchev–Trinajstić information content (AvgIpc) is 3.16. The molecule has 1 fully saturated rings. The summed E-state index contributed by atoms with van der Waals surface area (Å²) in [5, 5.41) is 15.0. The van der Waals surface area contributed by atoms with Crippen LogP contribution in [0.15, 0.2) is 48.5 Å². The summed E-state index contributed by atoms with van der Waals surface area (Å²) in [5.41, 5.74) is 0.978. The normalized spacial score (nSPS) is 14.9. The summed E-state index contributed by atoms with van der Waals surface area (Å²) in [6.07, 6.45) is 1.90. The molecule has 1 N–H and O–H groups in total. The van der Waals surface area contributed by atoms with E-state index in [0.29, 0.717) is 12.5 Å². The number of anilines is 1. The molecule has 1 aliphatic heterocycles. The Labute approximate surface area is 166 Å². The quantitative estimate of drug-likeness (QED) is 0.523. The van der Waals surface area contributed by atoms with Crippen molar-refractivity contribution in [3.63, 3.8) is 0 Å². The highest BCUT2D eigenvalue weighted by Gasteiger charge is 2.24. The van der Waals surface area contributed by atoms with Gasteiger partial charge in [-0.15, -0.1) is 0 Å². The van der Waals surface area contributed by atoms with Crippen LogP contribution in [-0.2, 0) is 0 Å². The summed E-state index contributed by atoms with van der Waals surface area (Å²) in [6, 6.07) is 14.2. The highest BCUT2D eigenvalue weighted by Crippen LogP contribution is 2.31. The van der Waals surface area contributed by atoms with E-state index in [9.17, 15) is 14.9 Å². The van der Waals surface area contributed by atoms with E-state index in [1.165, 1.54) is 16.8 Å². The van der Waals surface area contributed by atoms with E-state index >= 15 is 0 Å². The number of nitrogens with one attached hydrogen (secondary N) is 1. The van der Waals surface area contributed by atoms with Gasteiger partial charge in [-0.3, -0.25) is 14.9 Å². The van der Waals surface area contributed by atoms with Gasteiger partial charge in [-0.2, -0.15) is 0 Å². The van der Waals surface area contributed by atoms with E-state index < -0.39 is 4.92 Å². The Balaban J connectivity index is 1.32. The maximum atomic E-state index is 12.4. The number of benzene rings is 2. The van der Waals surface area contributed by atoms with Crippen LogP contribution in [0.1, 0.15) is 23.2 Å². The van der Waals surface area contributed by atoms with Crippen LogP contribution in [0.25, 0.3) is 10.2 Å². The van der Waals surface area contributed by atoms with Gasteiger partial charge in [0.15, 0.2) is 5.13 Å². The predicted octanol–water partition coefficient (Wildman–Crippen LogP) is 3.85. The molecule has 0 aliphatic carbocycles. The van der Waals surface area contributed by atoms with Crippen molar-refractivity contribution < 1.29 is 9.72 Å². The molecule has 2 aromatic carbocycles. The predicted molar refractivity (Wildman–Crippen MR) is 110 cm³/mol. The minimum atomic E-state index is -0.522. The van der Waals surface area contributed by atoms with Gasteiger partial charge in [0.1, 0.15) is 5.56 Å². The van der Waals surface area contributed by atoms with E-state index in [0.717, 1.165) is 36.6 Å². The fourth-order valence-electron chi connectivity index (χ4n) is 3.48. The number of hydrogen-bond acceptors (Lipinski definition) is 6. The molecule has 0 saturated carbocycles. The average molecular weight is 396 g/mol. The zero-order chi connectivity index (χ0) is 19.5. The Morgan fingerprint density at radius 1 is 1.18 bits per heavy atom. The fraction of sp³-hybridized carbons (Fsp3) is 0.300. The zero-order valence-corrected chi connectivity index (χ0v) is 16.0. The van der Waals surface area contributed by atoms with Crippen LogP contribution in [0, 0.1) is 16.0 Å². The lowest BCUT2D eigenvalue weighted by Gasteiger charge is -2.31. The molecule has 1 aliphatic rings. The Kier molecular flexibility index (Phi) is 5.21. The molecule has 7 nitrogen and oxygen atoms in total. The molecule has 0 unspecified atom stereocenters. The smallest absolute Gasteiger partial charge is 0.282 e. The Bertz CT molecular complexity index is 978. The molecule has 28 heavy (non-hydrogen) atoms. The van der Waals surface area contributed by atoms with Crippen molar-refractivity contribution >= 4 is 38.3 Å². The minimum Gasteiger partial charge on any atom is -0.352 e. The third-order valence-electron chi connectivity index (χ3n) is 5.06. The fourth-order valence-corrected chi connectivity index (χ4v) is 4.50. The summed E-state index contributed by atoms with van der Waals surface area (Å²) in [7, 11) is 0. The topological polar surface area (TPSA) is 88.4 Å². The van der Waals surface area contributed by atoms with Gasteiger partial charge in [0.25, 0.3) is 11.6 Å². The van der Waals surface area contributed by atoms with Gasteiger partial charge in [-0.1, -0.05) is 35.6 Å². The van der Waals surface area contributed by atoms with E-state index in [1.807, 2.05) is 18.2 Å².